The van der Waals surface area contributed by atoms with Crippen molar-refractivity contribution >= 4 is 0 Å². The summed E-state index contributed by atoms with van der Waals surface area (Å²) in [6, 6.07) is 14.5. The Kier molecular flexibility index (Phi) is 6.60. The SMILES string of the molecule is CN(C)CC(C)(C)CNCc1cn(Cc2ccccc2)nc1-c1cccnc1. The average Bonchev–Trinajstić information content (AvgIpc) is 3.04. The largest absolute Gasteiger partial charge is 0.312 e. The molecule has 3 aromatic rings. The van der Waals surface area contributed by atoms with Crippen molar-refractivity contribution in [3.63, 3.8) is 0 Å². The average molecular weight is 378 g/mol. The minimum atomic E-state index is 0.206. The summed E-state index contributed by atoms with van der Waals surface area (Å²) in [7, 11) is 4.24. The molecule has 0 spiro atoms. The van der Waals surface area contributed by atoms with Crippen molar-refractivity contribution < 1.29 is 0 Å². The standard InChI is InChI=1S/C23H31N5/c1-23(2,18-27(3)4)17-25-14-21-16-28(15-19-9-6-5-7-10-19)26-22(21)20-11-8-12-24-13-20/h5-13,16,25H,14-15,17-18H2,1-4H3. The first-order valence-corrected chi connectivity index (χ1v) is 9.79. The van der Waals surface area contributed by atoms with Crippen LogP contribution in [0.3, 0.4) is 0 Å². The maximum Gasteiger partial charge on any atom is 0.0983 e. The van der Waals surface area contributed by atoms with Crippen LogP contribution in [0.1, 0.15) is 25.0 Å². The second-order valence-electron chi connectivity index (χ2n) is 8.43. The Hall–Kier alpha value is -2.50. The van der Waals surface area contributed by atoms with Crippen molar-refractivity contribution in [2.75, 3.05) is 27.2 Å². The van der Waals surface area contributed by atoms with Gasteiger partial charge in [-0.3, -0.25) is 9.67 Å². The molecule has 0 saturated carbocycles. The molecule has 0 aliphatic heterocycles. The Balaban J connectivity index is 1.76. The summed E-state index contributed by atoms with van der Waals surface area (Å²) >= 11 is 0. The Morgan fingerprint density at radius 3 is 2.54 bits per heavy atom. The molecule has 0 fully saturated rings. The minimum Gasteiger partial charge on any atom is -0.312 e. The van der Waals surface area contributed by atoms with E-state index in [9.17, 15) is 0 Å². The molecule has 28 heavy (non-hydrogen) atoms. The van der Waals surface area contributed by atoms with Crippen LogP contribution in [0.25, 0.3) is 11.3 Å². The van der Waals surface area contributed by atoms with Gasteiger partial charge in [0.2, 0.25) is 0 Å². The monoisotopic (exact) mass is 377 g/mol. The highest BCUT2D eigenvalue weighted by atomic mass is 15.3. The molecule has 5 nitrogen and oxygen atoms in total. The van der Waals surface area contributed by atoms with Crippen molar-refractivity contribution in [1.29, 1.82) is 0 Å². The highest BCUT2D eigenvalue weighted by Gasteiger charge is 2.19. The first-order valence-electron chi connectivity index (χ1n) is 9.79. The van der Waals surface area contributed by atoms with Crippen LogP contribution in [-0.4, -0.2) is 46.8 Å². The van der Waals surface area contributed by atoms with Gasteiger partial charge in [0, 0.05) is 49.4 Å². The highest BCUT2D eigenvalue weighted by molar-refractivity contribution is 5.61. The summed E-state index contributed by atoms with van der Waals surface area (Å²) in [6.07, 6.45) is 5.84. The number of hydrogen-bond donors (Lipinski definition) is 1. The fourth-order valence-electron chi connectivity index (χ4n) is 3.64. The van der Waals surface area contributed by atoms with Gasteiger partial charge in [0.15, 0.2) is 0 Å². The van der Waals surface area contributed by atoms with Crippen LogP contribution in [0.2, 0.25) is 0 Å². The first-order chi connectivity index (χ1) is 13.4. The molecule has 148 valence electrons. The zero-order valence-corrected chi connectivity index (χ0v) is 17.4. The Morgan fingerprint density at radius 1 is 1.07 bits per heavy atom. The van der Waals surface area contributed by atoms with E-state index in [0.29, 0.717) is 0 Å². The summed E-state index contributed by atoms with van der Waals surface area (Å²) in [6.45, 7) is 8.13. The van der Waals surface area contributed by atoms with Crippen molar-refractivity contribution in [1.82, 2.24) is 25.0 Å². The third-order valence-corrected chi connectivity index (χ3v) is 4.62. The van der Waals surface area contributed by atoms with Gasteiger partial charge >= 0.3 is 0 Å². The van der Waals surface area contributed by atoms with E-state index in [4.69, 9.17) is 5.10 Å². The minimum absolute atomic E-state index is 0.206. The quantitative estimate of drug-likeness (QED) is 0.618. The maximum atomic E-state index is 4.87. The van der Waals surface area contributed by atoms with Crippen LogP contribution in [-0.2, 0) is 13.1 Å². The summed E-state index contributed by atoms with van der Waals surface area (Å²) in [5, 5.41) is 8.50. The first kappa shape index (κ1) is 20.2. The van der Waals surface area contributed by atoms with Crippen LogP contribution < -0.4 is 5.32 Å². The molecule has 0 amide bonds. The number of nitrogens with zero attached hydrogens (tertiary/aromatic N) is 4. The van der Waals surface area contributed by atoms with Crippen LogP contribution >= 0.6 is 0 Å². The maximum absolute atomic E-state index is 4.87. The number of aromatic nitrogens is 3. The van der Waals surface area contributed by atoms with Crippen LogP contribution in [0.4, 0.5) is 0 Å². The van der Waals surface area contributed by atoms with Crippen molar-refractivity contribution in [2.24, 2.45) is 5.41 Å². The Morgan fingerprint density at radius 2 is 1.86 bits per heavy atom. The summed E-state index contributed by atoms with van der Waals surface area (Å²) < 4.78 is 2.03. The van der Waals surface area contributed by atoms with Gasteiger partial charge in [-0.15, -0.1) is 0 Å². The third-order valence-electron chi connectivity index (χ3n) is 4.62. The van der Waals surface area contributed by atoms with E-state index in [-0.39, 0.29) is 5.41 Å². The van der Waals surface area contributed by atoms with Crippen LogP contribution in [0.15, 0.2) is 61.1 Å². The Bertz CT molecular complexity index is 853. The topological polar surface area (TPSA) is 46.0 Å². The molecule has 0 aliphatic rings. The lowest BCUT2D eigenvalue weighted by molar-refractivity contribution is 0.232. The van der Waals surface area contributed by atoms with Crippen LogP contribution in [0, 0.1) is 5.41 Å². The smallest absolute Gasteiger partial charge is 0.0983 e. The van der Waals surface area contributed by atoms with Gasteiger partial charge in [0.25, 0.3) is 0 Å². The molecule has 2 heterocycles. The molecule has 1 N–H and O–H groups in total. The second-order valence-corrected chi connectivity index (χ2v) is 8.43. The molecule has 0 unspecified atom stereocenters. The van der Waals surface area contributed by atoms with Crippen molar-refractivity contribution in [2.45, 2.75) is 26.9 Å². The number of rotatable bonds is 9. The summed E-state index contributed by atoms with van der Waals surface area (Å²) in [4.78, 5) is 6.51. The van der Waals surface area contributed by atoms with E-state index in [2.05, 4.69) is 79.7 Å². The van der Waals surface area contributed by atoms with Gasteiger partial charge in [0.1, 0.15) is 0 Å². The van der Waals surface area contributed by atoms with Gasteiger partial charge in [-0.2, -0.15) is 5.10 Å². The lowest BCUT2D eigenvalue weighted by Crippen LogP contribution is -2.37. The molecule has 0 radical (unpaired) electrons. The molecule has 0 aliphatic carbocycles. The summed E-state index contributed by atoms with van der Waals surface area (Å²) in [5.74, 6) is 0. The summed E-state index contributed by atoms with van der Waals surface area (Å²) in [5.41, 5.74) is 4.71. The molecule has 0 saturated heterocycles. The van der Waals surface area contributed by atoms with Gasteiger partial charge < -0.3 is 10.2 Å². The molecule has 1 aromatic carbocycles. The zero-order chi connectivity index (χ0) is 20.0. The van der Waals surface area contributed by atoms with E-state index < -0.39 is 0 Å². The van der Waals surface area contributed by atoms with Gasteiger partial charge in [-0.25, -0.2) is 0 Å². The van der Waals surface area contributed by atoms with Crippen molar-refractivity contribution in [3.8, 4) is 11.3 Å². The molecule has 0 atom stereocenters. The zero-order valence-electron chi connectivity index (χ0n) is 17.4. The predicted octanol–water partition coefficient (Wildman–Crippen LogP) is 3.67. The van der Waals surface area contributed by atoms with Crippen molar-refractivity contribution in [3.05, 3.63) is 72.2 Å². The molecule has 3 rings (SSSR count). The fraction of sp³-hybridized carbons (Fsp3) is 0.391. The van der Waals surface area contributed by atoms with E-state index >= 15 is 0 Å². The van der Waals surface area contributed by atoms with Crippen LogP contribution in [0.5, 0.6) is 0 Å². The highest BCUT2D eigenvalue weighted by Crippen LogP contribution is 2.22. The fourth-order valence-corrected chi connectivity index (χ4v) is 3.64. The lowest BCUT2D eigenvalue weighted by Gasteiger charge is -2.28. The second kappa shape index (κ2) is 9.13. The van der Waals surface area contributed by atoms with Gasteiger partial charge in [-0.05, 0) is 37.2 Å². The molecule has 2 aromatic heterocycles. The van der Waals surface area contributed by atoms with Gasteiger partial charge in [0.05, 0.1) is 12.2 Å². The van der Waals surface area contributed by atoms with E-state index in [1.54, 1.807) is 6.20 Å². The predicted molar refractivity (Wildman–Crippen MR) is 115 cm³/mol. The number of pyridine rings is 1. The van der Waals surface area contributed by atoms with E-state index in [0.717, 1.165) is 37.4 Å². The third kappa shape index (κ3) is 5.75. The number of benzene rings is 1. The normalized spacial score (nSPS) is 11.9. The Labute approximate surface area is 168 Å². The molecule has 5 heteroatoms. The molecular weight excluding hydrogens is 346 g/mol. The van der Waals surface area contributed by atoms with E-state index in [1.807, 2.05) is 23.0 Å². The number of hydrogen-bond acceptors (Lipinski definition) is 4. The molecule has 0 bridgehead atoms. The lowest BCUT2D eigenvalue weighted by atomic mass is 9.93. The number of nitrogens with one attached hydrogen (secondary N) is 1. The molecular formula is C23H31N5. The van der Waals surface area contributed by atoms with Gasteiger partial charge in [-0.1, -0.05) is 44.2 Å². The van der Waals surface area contributed by atoms with E-state index in [1.165, 1.54) is 11.1 Å².